The van der Waals surface area contributed by atoms with Crippen molar-refractivity contribution in [3.63, 3.8) is 0 Å². The minimum atomic E-state index is -0.662. The van der Waals surface area contributed by atoms with Gasteiger partial charge in [0.1, 0.15) is 12.4 Å². The molecule has 0 heterocycles. The van der Waals surface area contributed by atoms with Crippen molar-refractivity contribution in [2.24, 2.45) is 5.10 Å². The Morgan fingerprint density at radius 1 is 0.846 bits per heavy atom. The molecule has 4 aromatic rings. The van der Waals surface area contributed by atoms with Gasteiger partial charge in [0, 0.05) is 15.6 Å². The van der Waals surface area contributed by atoms with Gasteiger partial charge in [0.25, 0.3) is 5.91 Å². The number of carbonyl (C=O) groups is 2. The van der Waals surface area contributed by atoms with Gasteiger partial charge in [0.05, 0.1) is 23.9 Å². The van der Waals surface area contributed by atoms with Gasteiger partial charge in [-0.15, -0.1) is 0 Å². The van der Waals surface area contributed by atoms with Gasteiger partial charge in [-0.2, -0.15) is 5.10 Å². The third-order valence-electron chi connectivity index (χ3n) is 5.36. The largest absolute Gasteiger partial charge is 0.493 e. The van der Waals surface area contributed by atoms with Crippen molar-refractivity contribution in [1.29, 1.82) is 0 Å². The van der Waals surface area contributed by atoms with E-state index in [9.17, 15) is 9.59 Å². The highest BCUT2D eigenvalue weighted by Gasteiger charge is 2.16. The first-order chi connectivity index (χ1) is 18.8. The first-order valence-corrected chi connectivity index (χ1v) is 12.6. The number of hydrogen-bond donors (Lipinski definition) is 1. The van der Waals surface area contributed by atoms with E-state index in [1.807, 2.05) is 12.1 Å². The van der Waals surface area contributed by atoms with Crippen LogP contribution in [0, 0.1) is 0 Å². The monoisotopic (exact) mass is 582 g/mol. The first-order valence-electron chi connectivity index (χ1n) is 11.5. The summed E-state index contributed by atoms with van der Waals surface area (Å²) in [6, 6.07) is 23.3. The van der Waals surface area contributed by atoms with Gasteiger partial charge in [-0.1, -0.05) is 46.9 Å². The fraction of sp³-hybridized carbons (Fsp3) is 0.0690. The van der Waals surface area contributed by atoms with Gasteiger partial charge >= 0.3 is 5.97 Å². The molecule has 0 aliphatic heterocycles. The second kappa shape index (κ2) is 13.2. The Kier molecular flexibility index (Phi) is 9.44. The summed E-state index contributed by atoms with van der Waals surface area (Å²) in [5, 5.41) is 5.23. The maximum absolute atomic E-state index is 12.5. The molecule has 0 saturated carbocycles. The second-order valence-electron chi connectivity index (χ2n) is 8.06. The van der Waals surface area contributed by atoms with E-state index in [4.69, 9.17) is 49.0 Å². The van der Waals surface area contributed by atoms with E-state index in [-0.39, 0.29) is 22.1 Å². The molecule has 4 rings (SSSR count). The summed E-state index contributed by atoms with van der Waals surface area (Å²) >= 11 is 17.9. The number of benzene rings is 4. The lowest BCUT2D eigenvalue weighted by molar-refractivity contribution is 0.0729. The van der Waals surface area contributed by atoms with Crippen molar-refractivity contribution >= 4 is 52.9 Å². The summed E-state index contributed by atoms with van der Waals surface area (Å²) in [6.07, 6.45) is 1.44. The molecule has 1 amide bonds. The van der Waals surface area contributed by atoms with Crippen LogP contribution < -0.4 is 19.6 Å². The van der Waals surface area contributed by atoms with Gasteiger partial charge in [-0.05, 0) is 83.9 Å². The predicted octanol–water partition coefficient (Wildman–Crippen LogP) is 7.22. The molecule has 0 aliphatic rings. The molecular weight excluding hydrogens is 563 g/mol. The average Bonchev–Trinajstić information content (AvgIpc) is 2.93. The molecule has 4 aromatic carbocycles. The Balaban J connectivity index is 1.33. The zero-order chi connectivity index (χ0) is 27.8. The Morgan fingerprint density at radius 3 is 2.26 bits per heavy atom. The average molecular weight is 584 g/mol. The molecule has 7 nitrogen and oxygen atoms in total. The minimum absolute atomic E-state index is 0.164. The lowest BCUT2D eigenvalue weighted by atomic mass is 10.2. The third-order valence-corrected chi connectivity index (χ3v) is 6.16. The maximum atomic E-state index is 12.5. The number of hydrogen-bond acceptors (Lipinski definition) is 6. The van der Waals surface area contributed by atoms with Crippen LogP contribution in [0.4, 0.5) is 0 Å². The summed E-state index contributed by atoms with van der Waals surface area (Å²) < 4.78 is 16.5. The second-order valence-corrected chi connectivity index (χ2v) is 9.34. The van der Waals surface area contributed by atoms with Crippen LogP contribution in [-0.4, -0.2) is 25.2 Å². The Hall–Kier alpha value is -4.04. The Bertz CT molecular complexity index is 1510. The molecule has 0 aromatic heterocycles. The molecular formula is C29H21Cl3N2O5. The van der Waals surface area contributed by atoms with Gasteiger partial charge in [-0.3, -0.25) is 4.79 Å². The molecule has 198 valence electrons. The summed E-state index contributed by atoms with van der Waals surface area (Å²) in [7, 11) is 1.44. The van der Waals surface area contributed by atoms with E-state index in [2.05, 4.69) is 10.5 Å². The number of esters is 1. The molecule has 0 fully saturated rings. The van der Waals surface area contributed by atoms with Crippen molar-refractivity contribution in [2.75, 3.05) is 7.11 Å². The molecule has 0 bridgehead atoms. The lowest BCUT2D eigenvalue weighted by Crippen LogP contribution is -2.17. The topological polar surface area (TPSA) is 86.2 Å². The predicted molar refractivity (Wildman–Crippen MR) is 152 cm³/mol. The van der Waals surface area contributed by atoms with Crippen molar-refractivity contribution < 1.29 is 23.8 Å². The summed E-state index contributed by atoms with van der Waals surface area (Å²) in [6.45, 7) is 0.378. The van der Waals surface area contributed by atoms with E-state index < -0.39 is 11.9 Å². The summed E-state index contributed by atoms with van der Waals surface area (Å²) in [5.41, 5.74) is 4.62. The normalized spacial score (nSPS) is 10.8. The molecule has 0 unspecified atom stereocenters. The number of nitrogens with one attached hydrogen (secondary N) is 1. The van der Waals surface area contributed by atoms with Gasteiger partial charge in [0.15, 0.2) is 11.5 Å². The lowest BCUT2D eigenvalue weighted by Gasteiger charge is -2.10. The highest BCUT2D eigenvalue weighted by Crippen LogP contribution is 2.30. The summed E-state index contributed by atoms with van der Waals surface area (Å²) in [4.78, 5) is 25.0. The number of nitrogens with zero attached hydrogens (tertiary/aromatic N) is 1. The van der Waals surface area contributed by atoms with Crippen LogP contribution in [0.3, 0.4) is 0 Å². The fourth-order valence-corrected chi connectivity index (χ4v) is 3.95. The van der Waals surface area contributed by atoms with Gasteiger partial charge in [0.2, 0.25) is 0 Å². The van der Waals surface area contributed by atoms with Crippen molar-refractivity contribution in [2.45, 2.75) is 6.61 Å². The van der Waals surface area contributed by atoms with Gasteiger partial charge in [-0.25, -0.2) is 10.2 Å². The highest BCUT2D eigenvalue weighted by atomic mass is 35.5. The zero-order valence-electron chi connectivity index (χ0n) is 20.5. The van der Waals surface area contributed by atoms with Crippen LogP contribution in [-0.2, 0) is 6.61 Å². The minimum Gasteiger partial charge on any atom is -0.493 e. The smallest absolute Gasteiger partial charge is 0.345 e. The molecule has 0 radical (unpaired) electrons. The molecule has 10 heteroatoms. The number of ether oxygens (including phenoxy) is 3. The fourth-order valence-electron chi connectivity index (χ4n) is 3.34. The number of hydrazone groups is 1. The number of halogens is 3. The van der Waals surface area contributed by atoms with Gasteiger partial charge < -0.3 is 14.2 Å². The standard InChI is InChI=1S/C29H21Cl3N2O5/c1-37-27-14-19(4-13-26(27)39-29(36)24-12-9-22(31)15-25(24)32)16-33-34-28(35)20-5-10-23(11-6-20)38-17-18-2-7-21(30)8-3-18/h2-16H,17H2,1H3,(H,34,35)/b33-16+. The number of amides is 1. The molecule has 0 saturated heterocycles. The Labute approximate surface area is 239 Å². The van der Waals surface area contributed by atoms with E-state index in [0.29, 0.717) is 33.5 Å². The molecule has 0 spiro atoms. The number of methoxy groups -OCH3 is 1. The van der Waals surface area contributed by atoms with E-state index in [0.717, 1.165) is 5.56 Å². The first kappa shape index (κ1) is 28.0. The SMILES string of the molecule is COc1cc(/C=N/NC(=O)c2ccc(OCc3ccc(Cl)cc3)cc2)ccc1OC(=O)c1ccc(Cl)cc1Cl. The molecule has 39 heavy (non-hydrogen) atoms. The van der Waals surface area contributed by atoms with E-state index in [1.165, 1.54) is 25.5 Å². The van der Waals surface area contributed by atoms with E-state index in [1.54, 1.807) is 60.7 Å². The zero-order valence-corrected chi connectivity index (χ0v) is 22.8. The van der Waals surface area contributed by atoms with E-state index >= 15 is 0 Å². The van der Waals surface area contributed by atoms with Crippen LogP contribution in [0.5, 0.6) is 17.2 Å². The summed E-state index contributed by atoms with van der Waals surface area (Å²) in [5.74, 6) is 0.0418. The van der Waals surface area contributed by atoms with Crippen LogP contribution in [0.15, 0.2) is 90.0 Å². The van der Waals surface area contributed by atoms with Crippen molar-refractivity contribution in [3.05, 3.63) is 122 Å². The molecule has 1 N–H and O–H groups in total. The quantitative estimate of drug-likeness (QED) is 0.0973. The van der Waals surface area contributed by atoms with Crippen molar-refractivity contribution in [3.8, 4) is 17.2 Å². The molecule has 0 atom stereocenters. The van der Waals surface area contributed by atoms with Crippen LogP contribution in [0.2, 0.25) is 15.1 Å². The molecule has 0 aliphatic carbocycles. The number of carbonyl (C=O) groups excluding carboxylic acids is 2. The Morgan fingerprint density at radius 2 is 1.56 bits per heavy atom. The highest BCUT2D eigenvalue weighted by molar-refractivity contribution is 6.36. The van der Waals surface area contributed by atoms with Crippen molar-refractivity contribution in [1.82, 2.24) is 5.43 Å². The van der Waals surface area contributed by atoms with Crippen LogP contribution in [0.1, 0.15) is 31.8 Å². The number of rotatable bonds is 9. The third kappa shape index (κ3) is 7.74. The van der Waals surface area contributed by atoms with Crippen LogP contribution >= 0.6 is 34.8 Å². The maximum Gasteiger partial charge on any atom is 0.345 e. The van der Waals surface area contributed by atoms with Crippen LogP contribution in [0.25, 0.3) is 0 Å².